The molecule has 0 saturated heterocycles. The van der Waals surface area contributed by atoms with Crippen LogP contribution in [0.15, 0.2) is 0 Å². The van der Waals surface area contributed by atoms with E-state index < -0.39 is 0 Å². The summed E-state index contributed by atoms with van der Waals surface area (Å²) in [6, 6.07) is 0. The van der Waals surface area contributed by atoms with Crippen molar-refractivity contribution in [3.63, 3.8) is 0 Å². The monoisotopic (exact) mass is 196 g/mol. The fourth-order valence-electron chi connectivity index (χ4n) is 0.197. The van der Waals surface area contributed by atoms with Crippen LogP contribution in [-0.2, 0) is 31.0 Å². The predicted molar refractivity (Wildman–Crippen MR) is 25.8 cm³/mol. The molecule has 0 N–H and O–H groups in total. The SMILES string of the molecule is CCCC(=O)Cl.[Zr]. The largest absolute Gasteiger partial charge is 0.281 e. The summed E-state index contributed by atoms with van der Waals surface area (Å²) in [7, 11) is 0. The van der Waals surface area contributed by atoms with Gasteiger partial charge in [0.2, 0.25) is 5.24 Å². The predicted octanol–water partition coefficient (Wildman–Crippen LogP) is 1.55. The molecule has 0 amide bonds. The van der Waals surface area contributed by atoms with E-state index in [2.05, 4.69) is 0 Å². The van der Waals surface area contributed by atoms with Gasteiger partial charge in [0.05, 0.1) is 0 Å². The van der Waals surface area contributed by atoms with Crippen LogP contribution in [0.4, 0.5) is 0 Å². The molecule has 0 radical (unpaired) electrons. The van der Waals surface area contributed by atoms with Crippen LogP contribution in [0.5, 0.6) is 0 Å². The Hall–Kier alpha value is 0.843. The molecule has 0 atom stereocenters. The van der Waals surface area contributed by atoms with Gasteiger partial charge in [-0.1, -0.05) is 6.92 Å². The van der Waals surface area contributed by atoms with E-state index in [1.165, 1.54) is 0 Å². The van der Waals surface area contributed by atoms with Crippen LogP contribution in [0.2, 0.25) is 0 Å². The van der Waals surface area contributed by atoms with Gasteiger partial charge >= 0.3 is 0 Å². The molecule has 0 saturated carbocycles. The summed E-state index contributed by atoms with van der Waals surface area (Å²) in [5.74, 6) is 0. The second-order valence-electron chi connectivity index (χ2n) is 1.11. The molecule has 0 bridgehead atoms. The normalized spacial score (nSPS) is 7.14. The Morgan fingerprint density at radius 1 is 1.71 bits per heavy atom. The van der Waals surface area contributed by atoms with Crippen LogP contribution in [0, 0.1) is 0 Å². The zero-order valence-electron chi connectivity index (χ0n) is 4.20. The minimum atomic E-state index is -0.238. The zero-order chi connectivity index (χ0) is 4.99. The Bertz CT molecular complexity index is 55.7. The number of halogens is 1. The van der Waals surface area contributed by atoms with Crippen molar-refractivity contribution in [1.82, 2.24) is 0 Å². The number of rotatable bonds is 2. The molecule has 0 aromatic rings. The van der Waals surface area contributed by atoms with E-state index in [1.807, 2.05) is 6.92 Å². The van der Waals surface area contributed by atoms with Gasteiger partial charge in [0.25, 0.3) is 0 Å². The van der Waals surface area contributed by atoms with Crippen LogP contribution in [-0.4, -0.2) is 5.24 Å². The van der Waals surface area contributed by atoms with Crippen molar-refractivity contribution in [2.75, 3.05) is 0 Å². The Morgan fingerprint density at radius 3 is 2.14 bits per heavy atom. The Kier molecular flexibility index (Phi) is 10.5. The van der Waals surface area contributed by atoms with Crippen molar-refractivity contribution in [1.29, 1.82) is 0 Å². The van der Waals surface area contributed by atoms with Crippen LogP contribution >= 0.6 is 11.6 Å². The minimum absolute atomic E-state index is 0. The molecule has 0 aromatic heterocycles. The van der Waals surface area contributed by atoms with Crippen molar-refractivity contribution in [2.24, 2.45) is 0 Å². The van der Waals surface area contributed by atoms with E-state index >= 15 is 0 Å². The smallest absolute Gasteiger partial charge is 0.221 e. The summed E-state index contributed by atoms with van der Waals surface area (Å²) in [5.41, 5.74) is 0. The van der Waals surface area contributed by atoms with Gasteiger partial charge < -0.3 is 0 Å². The number of carbonyl (C=O) groups excluding carboxylic acids is 1. The summed E-state index contributed by atoms with van der Waals surface area (Å²) < 4.78 is 0. The molecule has 7 heavy (non-hydrogen) atoms. The van der Waals surface area contributed by atoms with Crippen molar-refractivity contribution in [2.45, 2.75) is 19.8 Å². The van der Waals surface area contributed by atoms with Gasteiger partial charge in [-0.05, 0) is 18.0 Å². The maximum Gasteiger partial charge on any atom is 0.221 e. The summed E-state index contributed by atoms with van der Waals surface area (Å²) in [4.78, 5) is 9.81. The summed E-state index contributed by atoms with van der Waals surface area (Å²) in [6.45, 7) is 1.92. The molecule has 0 aliphatic heterocycles. The molecule has 0 fully saturated rings. The number of hydrogen-bond acceptors (Lipinski definition) is 1. The summed E-state index contributed by atoms with van der Waals surface area (Å²) in [6.07, 6.45) is 1.35. The molecular formula is C4H7ClOZr. The van der Waals surface area contributed by atoms with Crippen molar-refractivity contribution in [3.05, 3.63) is 0 Å². The number of carbonyl (C=O) groups is 1. The van der Waals surface area contributed by atoms with Crippen LogP contribution in [0.25, 0.3) is 0 Å². The second kappa shape index (κ2) is 6.84. The van der Waals surface area contributed by atoms with Crippen molar-refractivity contribution >= 4 is 16.8 Å². The number of hydrogen-bond donors (Lipinski definition) is 0. The zero-order valence-corrected chi connectivity index (χ0v) is 7.41. The van der Waals surface area contributed by atoms with Gasteiger partial charge in [-0.15, -0.1) is 0 Å². The van der Waals surface area contributed by atoms with E-state index in [1.54, 1.807) is 0 Å². The first-order valence-electron chi connectivity index (χ1n) is 1.95. The van der Waals surface area contributed by atoms with Gasteiger partial charge in [0.15, 0.2) is 0 Å². The third-order valence-electron chi connectivity index (χ3n) is 0.447. The van der Waals surface area contributed by atoms with Gasteiger partial charge in [-0.25, -0.2) is 0 Å². The van der Waals surface area contributed by atoms with Gasteiger partial charge in [-0.2, -0.15) is 0 Å². The van der Waals surface area contributed by atoms with Crippen LogP contribution in [0.3, 0.4) is 0 Å². The summed E-state index contributed by atoms with van der Waals surface area (Å²) >= 11 is 4.94. The fraction of sp³-hybridized carbons (Fsp3) is 0.750. The second-order valence-corrected chi connectivity index (χ2v) is 1.53. The van der Waals surface area contributed by atoms with E-state index in [0.717, 1.165) is 6.42 Å². The molecule has 0 aliphatic carbocycles. The topological polar surface area (TPSA) is 17.1 Å². The molecule has 0 aromatic carbocycles. The first-order chi connectivity index (χ1) is 2.77. The molecule has 40 valence electrons. The maximum atomic E-state index is 9.81. The third kappa shape index (κ3) is 10.9. The van der Waals surface area contributed by atoms with E-state index in [9.17, 15) is 4.79 Å². The molecule has 0 heterocycles. The summed E-state index contributed by atoms with van der Waals surface area (Å²) in [5, 5.41) is -0.238. The van der Waals surface area contributed by atoms with E-state index in [-0.39, 0.29) is 31.4 Å². The molecule has 3 heteroatoms. The molecular weight excluding hydrogens is 191 g/mol. The van der Waals surface area contributed by atoms with Gasteiger partial charge in [0, 0.05) is 32.6 Å². The van der Waals surface area contributed by atoms with Crippen molar-refractivity contribution in [3.8, 4) is 0 Å². The van der Waals surface area contributed by atoms with E-state index in [0.29, 0.717) is 6.42 Å². The Balaban J connectivity index is 0. The van der Waals surface area contributed by atoms with Gasteiger partial charge in [0.1, 0.15) is 0 Å². The fourth-order valence-corrected chi connectivity index (χ4v) is 0.386. The van der Waals surface area contributed by atoms with Gasteiger partial charge in [-0.3, -0.25) is 4.79 Å². The molecule has 0 rings (SSSR count). The average Bonchev–Trinajstić information content (AvgIpc) is 1.35. The van der Waals surface area contributed by atoms with Crippen LogP contribution in [0.1, 0.15) is 19.8 Å². The third-order valence-corrected chi connectivity index (χ3v) is 0.636. The maximum absolute atomic E-state index is 9.81. The Morgan fingerprint density at radius 2 is 2.14 bits per heavy atom. The minimum Gasteiger partial charge on any atom is -0.281 e. The molecule has 0 spiro atoms. The standard InChI is InChI=1S/C4H7ClO.Zr/c1-2-3-4(5)6;/h2-3H2,1H3;. The van der Waals surface area contributed by atoms with Crippen LogP contribution < -0.4 is 0 Å². The average molecular weight is 198 g/mol. The first-order valence-corrected chi connectivity index (χ1v) is 2.33. The molecule has 1 nitrogen and oxygen atoms in total. The van der Waals surface area contributed by atoms with E-state index in [4.69, 9.17) is 11.6 Å². The first kappa shape index (κ1) is 10.8. The molecule has 0 unspecified atom stereocenters. The quantitative estimate of drug-likeness (QED) is 0.615. The Labute approximate surface area is 67.5 Å². The molecule has 0 aliphatic rings. The van der Waals surface area contributed by atoms with Crippen molar-refractivity contribution < 1.29 is 31.0 Å².